The van der Waals surface area contributed by atoms with Crippen molar-refractivity contribution in [1.29, 1.82) is 0 Å². The van der Waals surface area contributed by atoms with Crippen molar-refractivity contribution in [1.82, 2.24) is 4.72 Å². The highest BCUT2D eigenvalue weighted by Gasteiger charge is 2.30. The van der Waals surface area contributed by atoms with E-state index >= 15 is 0 Å². The predicted octanol–water partition coefficient (Wildman–Crippen LogP) is 1.70. The minimum Gasteiger partial charge on any atom is -0.495 e. The van der Waals surface area contributed by atoms with Crippen LogP contribution in [0.2, 0.25) is 0 Å². The molecule has 21 heavy (non-hydrogen) atoms. The average molecular weight is 315 g/mol. The van der Waals surface area contributed by atoms with E-state index < -0.39 is 22.0 Å². The van der Waals surface area contributed by atoms with Gasteiger partial charge in [-0.05, 0) is 43.0 Å². The number of methoxy groups -OCH3 is 1. The molecule has 0 saturated heterocycles. The number of hydrogen-bond donors (Lipinski definition) is 2. The van der Waals surface area contributed by atoms with Crippen LogP contribution in [0.1, 0.15) is 25.0 Å². The third kappa shape index (κ3) is 3.95. The Hall–Kier alpha value is -1.60. The van der Waals surface area contributed by atoms with Gasteiger partial charge in [-0.2, -0.15) is 4.72 Å². The summed E-state index contributed by atoms with van der Waals surface area (Å²) in [6, 6.07) is 1.91. The van der Waals surface area contributed by atoms with E-state index in [9.17, 15) is 13.2 Å². The molecule has 7 heteroatoms. The van der Waals surface area contributed by atoms with E-state index in [1.165, 1.54) is 13.2 Å². The lowest BCUT2D eigenvalue weighted by molar-refractivity contribution is -0.140. The van der Waals surface area contributed by atoms with Crippen molar-refractivity contribution >= 4 is 16.0 Å². The molecule has 118 valence electrons. The van der Waals surface area contributed by atoms with Gasteiger partial charge in [0.1, 0.15) is 16.7 Å². The third-order valence-electron chi connectivity index (χ3n) is 3.28. The maximum absolute atomic E-state index is 12.4. The lowest BCUT2D eigenvalue weighted by Crippen LogP contribution is -2.44. The highest BCUT2D eigenvalue weighted by atomic mass is 32.2. The molecule has 0 fully saturated rings. The van der Waals surface area contributed by atoms with Crippen molar-refractivity contribution in [3.05, 3.63) is 23.3 Å². The van der Waals surface area contributed by atoms with E-state index in [4.69, 9.17) is 9.84 Å². The molecule has 0 amide bonds. The van der Waals surface area contributed by atoms with E-state index in [0.29, 0.717) is 0 Å². The monoisotopic (exact) mass is 315 g/mol. The second-order valence-electron chi connectivity index (χ2n) is 5.27. The molecule has 0 aliphatic carbocycles. The number of nitrogens with one attached hydrogen (secondary N) is 1. The summed E-state index contributed by atoms with van der Waals surface area (Å²) in [4.78, 5) is 11.1. The first-order valence-electron chi connectivity index (χ1n) is 6.50. The van der Waals surface area contributed by atoms with Gasteiger partial charge >= 0.3 is 5.97 Å². The zero-order valence-electron chi connectivity index (χ0n) is 12.8. The van der Waals surface area contributed by atoms with Crippen LogP contribution in [0.15, 0.2) is 17.0 Å². The van der Waals surface area contributed by atoms with Gasteiger partial charge in [0.2, 0.25) is 10.0 Å². The molecule has 0 bridgehead atoms. The van der Waals surface area contributed by atoms with Gasteiger partial charge < -0.3 is 9.84 Å². The first kappa shape index (κ1) is 17.5. The summed E-state index contributed by atoms with van der Waals surface area (Å²) in [5, 5.41) is 9.12. The Kier molecular flexibility index (Phi) is 5.36. The van der Waals surface area contributed by atoms with Crippen LogP contribution in [0.25, 0.3) is 0 Å². The molecule has 2 N–H and O–H groups in total. The van der Waals surface area contributed by atoms with E-state index in [-0.39, 0.29) is 16.6 Å². The Bertz CT molecular complexity index is 637. The maximum Gasteiger partial charge on any atom is 0.322 e. The zero-order chi connectivity index (χ0) is 16.4. The maximum atomic E-state index is 12.4. The highest BCUT2D eigenvalue weighted by molar-refractivity contribution is 7.89. The molecule has 0 unspecified atom stereocenters. The zero-order valence-corrected chi connectivity index (χ0v) is 13.6. The van der Waals surface area contributed by atoms with Crippen LogP contribution in [-0.2, 0) is 14.8 Å². The smallest absolute Gasteiger partial charge is 0.322 e. The van der Waals surface area contributed by atoms with Gasteiger partial charge in [-0.15, -0.1) is 0 Å². The van der Waals surface area contributed by atoms with Crippen molar-refractivity contribution in [3.63, 3.8) is 0 Å². The second-order valence-corrected chi connectivity index (χ2v) is 6.95. The number of sulfonamides is 1. The molecule has 0 aliphatic heterocycles. The minimum atomic E-state index is -3.99. The Labute approximate surface area is 125 Å². The summed E-state index contributed by atoms with van der Waals surface area (Å²) >= 11 is 0. The normalized spacial score (nSPS) is 13.2. The standard InChI is InChI=1S/C14H21NO5S/c1-8(2)13(14(16)17)15-21(18,19)12-7-10(4)9(3)6-11(12)20-5/h6-8,13,15H,1-5H3,(H,16,17)/t13-/m1/s1. The number of benzene rings is 1. The molecule has 0 spiro atoms. The lowest BCUT2D eigenvalue weighted by Gasteiger charge is -2.19. The molecule has 0 aromatic heterocycles. The fourth-order valence-corrected chi connectivity index (χ4v) is 3.41. The molecule has 1 aromatic rings. The number of carboxylic acid groups (broad SMARTS) is 1. The fourth-order valence-electron chi connectivity index (χ4n) is 1.84. The van der Waals surface area contributed by atoms with Gasteiger partial charge in [0.05, 0.1) is 7.11 Å². The van der Waals surface area contributed by atoms with Crippen LogP contribution in [-0.4, -0.2) is 32.6 Å². The van der Waals surface area contributed by atoms with Crippen LogP contribution in [0.3, 0.4) is 0 Å². The first-order chi connectivity index (χ1) is 9.60. The number of carbonyl (C=O) groups is 1. The topological polar surface area (TPSA) is 92.7 Å². The molecular formula is C14H21NO5S. The van der Waals surface area contributed by atoms with E-state index in [0.717, 1.165) is 11.1 Å². The minimum absolute atomic E-state index is 0.0556. The molecule has 0 heterocycles. The SMILES string of the molecule is COc1cc(C)c(C)cc1S(=O)(=O)N[C@@H](C(=O)O)C(C)C. The van der Waals surface area contributed by atoms with Crippen molar-refractivity contribution < 1.29 is 23.1 Å². The summed E-state index contributed by atoms with van der Waals surface area (Å²) in [7, 11) is -2.61. The lowest BCUT2D eigenvalue weighted by atomic mass is 10.1. The number of ether oxygens (including phenoxy) is 1. The molecule has 6 nitrogen and oxygen atoms in total. The van der Waals surface area contributed by atoms with Crippen LogP contribution in [0, 0.1) is 19.8 Å². The number of hydrogen-bond acceptors (Lipinski definition) is 4. The summed E-state index contributed by atoms with van der Waals surface area (Å²) in [5.74, 6) is -1.40. The van der Waals surface area contributed by atoms with Crippen LogP contribution < -0.4 is 9.46 Å². The van der Waals surface area contributed by atoms with Gasteiger partial charge in [0.15, 0.2) is 0 Å². The average Bonchev–Trinajstić information content (AvgIpc) is 2.37. The van der Waals surface area contributed by atoms with E-state index in [1.54, 1.807) is 26.8 Å². The molecule has 0 radical (unpaired) electrons. The molecule has 1 atom stereocenters. The van der Waals surface area contributed by atoms with Crippen molar-refractivity contribution in [2.45, 2.75) is 38.6 Å². The number of carboxylic acids is 1. The van der Waals surface area contributed by atoms with Gasteiger partial charge in [-0.1, -0.05) is 13.8 Å². The molecular weight excluding hydrogens is 294 g/mol. The Balaban J connectivity index is 3.31. The van der Waals surface area contributed by atoms with E-state index in [1.807, 2.05) is 6.92 Å². The van der Waals surface area contributed by atoms with Crippen molar-refractivity contribution in [3.8, 4) is 5.75 Å². The number of aliphatic carboxylic acids is 1. The summed E-state index contributed by atoms with van der Waals surface area (Å²) in [6.07, 6.45) is 0. The highest BCUT2D eigenvalue weighted by Crippen LogP contribution is 2.27. The number of rotatable bonds is 6. The molecule has 0 aliphatic rings. The van der Waals surface area contributed by atoms with Gasteiger partial charge in [-0.25, -0.2) is 8.42 Å². The Morgan fingerprint density at radius 1 is 1.24 bits per heavy atom. The number of aryl methyl sites for hydroxylation is 2. The van der Waals surface area contributed by atoms with Crippen LogP contribution in [0.4, 0.5) is 0 Å². The molecule has 1 rings (SSSR count). The van der Waals surface area contributed by atoms with E-state index in [2.05, 4.69) is 4.72 Å². The van der Waals surface area contributed by atoms with Crippen molar-refractivity contribution in [2.24, 2.45) is 5.92 Å². The molecule has 1 aromatic carbocycles. The largest absolute Gasteiger partial charge is 0.495 e. The Morgan fingerprint density at radius 3 is 2.19 bits per heavy atom. The first-order valence-corrected chi connectivity index (χ1v) is 7.98. The fraction of sp³-hybridized carbons (Fsp3) is 0.500. The quantitative estimate of drug-likeness (QED) is 0.833. The van der Waals surface area contributed by atoms with Crippen LogP contribution >= 0.6 is 0 Å². The third-order valence-corrected chi connectivity index (χ3v) is 4.75. The van der Waals surface area contributed by atoms with Crippen molar-refractivity contribution in [2.75, 3.05) is 7.11 Å². The summed E-state index contributed by atoms with van der Waals surface area (Å²) in [6.45, 7) is 6.90. The van der Waals surface area contributed by atoms with Gasteiger partial charge in [0.25, 0.3) is 0 Å². The summed E-state index contributed by atoms with van der Waals surface area (Å²) in [5.41, 5.74) is 1.68. The second kappa shape index (κ2) is 6.44. The van der Waals surface area contributed by atoms with Crippen LogP contribution in [0.5, 0.6) is 5.75 Å². The van der Waals surface area contributed by atoms with Gasteiger partial charge in [0, 0.05) is 0 Å². The summed E-state index contributed by atoms with van der Waals surface area (Å²) < 4.78 is 32.2. The molecule has 0 saturated carbocycles. The predicted molar refractivity (Wildman–Crippen MR) is 79.1 cm³/mol. The van der Waals surface area contributed by atoms with Gasteiger partial charge in [-0.3, -0.25) is 4.79 Å². The Morgan fingerprint density at radius 2 is 1.76 bits per heavy atom.